The minimum Gasteiger partial charge on any atom is -0.475 e. The highest BCUT2D eigenvalue weighted by atomic mass is 16.4. The zero-order valence-corrected chi connectivity index (χ0v) is 11.3. The number of aromatic carboxylic acids is 1. The van der Waals surface area contributed by atoms with Gasteiger partial charge in [-0.25, -0.2) is 9.59 Å². The van der Waals surface area contributed by atoms with E-state index >= 15 is 0 Å². The smallest absolute Gasteiger partial charge is 0.371 e. The molecule has 0 aliphatic heterocycles. The van der Waals surface area contributed by atoms with Gasteiger partial charge in [0.15, 0.2) is 0 Å². The van der Waals surface area contributed by atoms with Crippen LogP contribution in [0.2, 0.25) is 0 Å². The van der Waals surface area contributed by atoms with Crippen LogP contribution in [-0.2, 0) is 6.54 Å². The Kier molecular flexibility index (Phi) is 5.92. The van der Waals surface area contributed by atoms with Crippen molar-refractivity contribution in [2.45, 2.75) is 33.2 Å². The van der Waals surface area contributed by atoms with Crippen LogP contribution in [0, 0.1) is 0 Å². The summed E-state index contributed by atoms with van der Waals surface area (Å²) in [5, 5.41) is 11.4. The maximum Gasteiger partial charge on any atom is 0.371 e. The Morgan fingerprint density at radius 1 is 1.26 bits per heavy atom. The molecule has 0 saturated heterocycles. The van der Waals surface area contributed by atoms with E-state index in [-0.39, 0.29) is 18.3 Å². The fourth-order valence-corrected chi connectivity index (χ4v) is 1.72. The number of rotatable bonds is 7. The fourth-order valence-electron chi connectivity index (χ4n) is 1.72. The van der Waals surface area contributed by atoms with Gasteiger partial charge in [0, 0.05) is 13.1 Å². The van der Waals surface area contributed by atoms with Crippen molar-refractivity contribution in [1.82, 2.24) is 10.2 Å². The standard InChI is InChI=1S/C13H20N2O4/c1-3-7-15(8-4-2)13(18)14-9-10-5-6-11(19-10)12(16)17/h5-6H,3-4,7-9H2,1-2H3,(H,14,18)(H,16,17). The van der Waals surface area contributed by atoms with Gasteiger partial charge >= 0.3 is 12.0 Å². The molecule has 6 nitrogen and oxygen atoms in total. The first-order chi connectivity index (χ1) is 9.08. The molecule has 1 aromatic heterocycles. The van der Waals surface area contributed by atoms with Gasteiger partial charge in [0.05, 0.1) is 6.54 Å². The third-order valence-corrected chi connectivity index (χ3v) is 2.56. The summed E-state index contributed by atoms with van der Waals surface area (Å²) in [6.07, 6.45) is 1.80. The lowest BCUT2D eigenvalue weighted by molar-refractivity contribution is 0.0660. The van der Waals surface area contributed by atoms with Crippen molar-refractivity contribution in [2.24, 2.45) is 0 Å². The molecule has 0 radical (unpaired) electrons. The lowest BCUT2D eigenvalue weighted by Gasteiger charge is -2.21. The summed E-state index contributed by atoms with van der Waals surface area (Å²) in [7, 11) is 0. The van der Waals surface area contributed by atoms with E-state index in [0.29, 0.717) is 18.8 Å². The largest absolute Gasteiger partial charge is 0.475 e. The van der Waals surface area contributed by atoms with Crippen LogP contribution in [-0.4, -0.2) is 35.1 Å². The molecule has 106 valence electrons. The fraction of sp³-hybridized carbons (Fsp3) is 0.538. The first kappa shape index (κ1) is 15.1. The number of nitrogens with zero attached hydrogens (tertiary/aromatic N) is 1. The molecular formula is C13H20N2O4. The number of furan rings is 1. The zero-order valence-electron chi connectivity index (χ0n) is 11.3. The Morgan fingerprint density at radius 2 is 1.89 bits per heavy atom. The van der Waals surface area contributed by atoms with E-state index in [1.165, 1.54) is 6.07 Å². The molecule has 0 bridgehead atoms. The number of hydrogen-bond acceptors (Lipinski definition) is 3. The van der Waals surface area contributed by atoms with Crippen LogP contribution in [0.25, 0.3) is 0 Å². The van der Waals surface area contributed by atoms with Crippen LogP contribution < -0.4 is 5.32 Å². The average molecular weight is 268 g/mol. The Morgan fingerprint density at radius 3 is 2.37 bits per heavy atom. The molecule has 0 aliphatic rings. The summed E-state index contributed by atoms with van der Waals surface area (Å²) in [4.78, 5) is 24.3. The Balaban J connectivity index is 2.49. The predicted octanol–water partition coefficient (Wildman–Crippen LogP) is 2.31. The molecule has 2 amide bonds. The molecule has 6 heteroatoms. The number of carbonyl (C=O) groups excluding carboxylic acids is 1. The topological polar surface area (TPSA) is 82.8 Å². The van der Waals surface area contributed by atoms with Crippen LogP contribution in [0.15, 0.2) is 16.5 Å². The second-order valence-corrected chi connectivity index (χ2v) is 4.22. The zero-order chi connectivity index (χ0) is 14.3. The molecule has 0 spiro atoms. The van der Waals surface area contributed by atoms with Gasteiger partial charge in [0.25, 0.3) is 0 Å². The monoisotopic (exact) mass is 268 g/mol. The molecule has 1 aromatic rings. The molecule has 0 unspecified atom stereocenters. The summed E-state index contributed by atoms with van der Waals surface area (Å²) in [5.74, 6) is -0.807. The van der Waals surface area contributed by atoms with E-state index in [1.807, 2.05) is 13.8 Å². The van der Waals surface area contributed by atoms with Crippen LogP contribution >= 0.6 is 0 Å². The van der Waals surface area contributed by atoms with E-state index in [2.05, 4.69) is 5.32 Å². The SMILES string of the molecule is CCCN(CCC)C(=O)NCc1ccc(C(=O)O)o1. The lowest BCUT2D eigenvalue weighted by atomic mass is 10.3. The van der Waals surface area contributed by atoms with Gasteiger partial charge in [0.2, 0.25) is 5.76 Å². The van der Waals surface area contributed by atoms with E-state index < -0.39 is 5.97 Å². The second-order valence-electron chi connectivity index (χ2n) is 4.22. The van der Waals surface area contributed by atoms with Crippen molar-refractivity contribution in [1.29, 1.82) is 0 Å². The van der Waals surface area contributed by atoms with Crippen molar-refractivity contribution in [2.75, 3.05) is 13.1 Å². The maximum absolute atomic E-state index is 11.9. The predicted molar refractivity (Wildman–Crippen MR) is 70.1 cm³/mol. The average Bonchev–Trinajstić information content (AvgIpc) is 2.84. The number of urea groups is 1. The molecule has 0 aromatic carbocycles. The van der Waals surface area contributed by atoms with Gasteiger partial charge in [0.1, 0.15) is 5.76 Å². The summed E-state index contributed by atoms with van der Waals surface area (Å²) in [6.45, 7) is 5.63. The highest BCUT2D eigenvalue weighted by Gasteiger charge is 2.13. The lowest BCUT2D eigenvalue weighted by Crippen LogP contribution is -2.40. The molecule has 1 rings (SSSR count). The summed E-state index contributed by atoms with van der Waals surface area (Å²) in [5.41, 5.74) is 0. The Bertz CT molecular complexity index is 422. The quantitative estimate of drug-likeness (QED) is 0.795. The first-order valence-corrected chi connectivity index (χ1v) is 6.43. The van der Waals surface area contributed by atoms with Crippen molar-refractivity contribution in [3.8, 4) is 0 Å². The minimum absolute atomic E-state index is 0.122. The maximum atomic E-state index is 11.9. The molecular weight excluding hydrogens is 248 g/mol. The van der Waals surface area contributed by atoms with Crippen LogP contribution in [0.1, 0.15) is 43.0 Å². The third-order valence-electron chi connectivity index (χ3n) is 2.56. The molecule has 0 aliphatic carbocycles. The second kappa shape index (κ2) is 7.45. The van der Waals surface area contributed by atoms with Gasteiger partial charge in [-0.3, -0.25) is 0 Å². The van der Waals surface area contributed by atoms with Crippen molar-refractivity contribution in [3.63, 3.8) is 0 Å². The minimum atomic E-state index is -1.11. The van der Waals surface area contributed by atoms with Crippen LogP contribution in [0.3, 0.4) is 0 Å². The van der Waals surface area contributed by atoms with Gasteiger partial charge in [-0.05, 0) is 25.0 Å². The van der Waals surface area contributed by atoms with Crippen LogP contribution in [0.5, 0.6) is 0 Å². The molecule has 1 heterocycles. The normalized spacial score (nSPS) is 10.2. The van der Waals surface area contributed by atoms with Crippen molar-refractivity contribution >= 4 is 12.0 Å². The Hall–Kier alpha value is -1.98. The number of nitrogens with one attached hydrogen (secondary N) is 1. The first-order valence-electron chi connectivity index (χ1n) is 6.43. The van der Waals surface area contributed by atoms with E-state index in [0.717, 1.165) is 12.8 Å². The number of hydrogen-bond donors (Lipinski definition) is 2. The number of carbonyl (C=O) groups is 2. The van der Waals surface area contributed by atoms with E-state index in [9.17, 15) is 9.59 Å². The van der Waals surface area contributed by atoms with Crippen molar-refractivity contribution in [3.05, 3.63) is 23.7 Å². The Labute approximate surface area is 112 Å². The van der Waals surface area contributed by atoms with E-state index in [1.54, 1.807) is 11.0 Å². The van der Waals surface area contributed by atoms with Gasteiger partial charge in [-0.15, -0.1) is 0 Å². The number of amides is 2. The molecule has 0 saturated carbocycles. The summed E-state index contributed by atoms with van der Waals surface area (Å²) >= 11 is 0. The van der Waals surface area contributed by atoms with Crippen molar-refractivity contribution < 1.29 is 19.1 Å². The number of carboxylic acid groups (broad SMARTS) is 1. The highest BCUT2D eigenvalue weighted by Crippen LogP contribution is 2.07. The third kappa shape index (κ3) is 4.65. The summed E-state index contributed by atoms with van der Waals surface area (Å²) < 4.78 is 5.06. The molecule has 0 fully saturated rings. The molecule has 0 atom stereocenters. The molecule has 2 N–H and O–H groups in total. The number of carboxylic acids is 1. The van der Waals surface area contributed by atoms with Gasteiger partial charge < -0.3 is 19.7 Å². The molecule has 19 heavy (non-hydrogen) atoms. The van der Waals surface area contributed by atoms with Gasteiger partial charge in [-0.1, -0.05) is 13.8 Å². The van der Waals surface area contributed by atoms with E-state index in [4.69, 9.17) is 9.52 Å². The highest BCUT2D eigenvalue weighted by molar-refractivity contribution is 5.84. The summed E-state index contributed by atoms with van der Waals surface area (Å²) in [6, 6.07) is 2.77. The van der Waals surface area contributed by atoms with Gasteiger partial charge in [-0.2, -0.15) is 0 Å². The van der Waals surface area contributed by atoms with Crippen LogP contribution in [0.4, 0.5) is 4.79 Å².